The van der Waals surface area contributed by atoms with Crippen molar-refractivity contribution in [2.75, 3.05) is 10.8 Å². The van der Waals surface area contributed by atoms with Crippen molar-refractivity contribution in [2.24, 2.45) is 0 Å². The van der Waals surface area contributed by atoms with Crippen LogP contribution in [-0.2, 0) is 20.9 Å². The second-order valence-electron chi connectivity index (χ2n) is 9.69. The van der Waals surface area contributed by atoms with Gasteiger partial charge in [-0.05, 0) is 57.2 Å². The van der Waals surface area contributed by atoms with E-state index in [4.69, 9.17) is 9.47 Å². The standard InChI is InChI=1S/C23H24BrF3N2O5S/c1-21(2,3)34-20(30)28-16-11-22(12-16)13-29(18-10-15(24)7-8-19(18)33-22)35(31,32)17-6-4-5-14(9-17)23(25,26)27/h4-10,16H,11-13H2,1-3H3,(H,28,30). The zero-order chi connectivity index (χ0) is 25.8. The highest BCUT2D eigenvalue weighted by molar-refractivity contribution is 9.10. The van der Waals surface area contributed by atoms with E-state index in [1.165, 1.54) is 0 Å². The maximum Gasteiger partial charge on any atom is 0.416 e. The molecule has 7 nitrogen and oxygen atoms in total. The van der Waals surface area contributed by atoms with E-state index in [0.29, 0.717) is 23.4 Å². The molecule has 1 fully saturated rings. The van der Waals surface area contributed by atoms with Gasteiger partial charge in [0.05, 0.1) is 22.7 Å². The SMILES string of the molecule is CC(C)(C)OC(=O)NC1CC2(C1)CN(S(=O)(=O)c1cccc(C(F)(F)F)c1)c1cc(Br)ccc1O2. The van der Waals surface area contributed by atoms with Gasteiger partial charge in [0.2, 0.25) is 0 Å². The minimum atomic E-state index is -4.69. The molecule has 4 rings (SSSR count). The van der Waals surface area contributed by atoms with E-state index in [1.807, 2.05) is 0 Å². The summed E-state index contributed by atoms with van der Waals surface area (Å²) in [5.74, 6) is 0.283. The zero-order valence-electron chi connectivity index (χ0n) is 19.1. The molecule has 0 radical (unpaired) electrons. The van der Waals surface area contributed by atoms with E-state index < -0.39 is 44.0 Å². The van der Waals surface area contributed by atoms with Gasteiger partial charge in [-0.3, -0.25) is 4.31 Å². The molecule has 1 saturated carbocycles. The third kappa shape index (κ3) is 5.37. The molecule has 1 aliphatic heterocycles. The number of carbonyl (C=O) groups is 1. The molecule has 1 spiro atoms. The van der Waals surface area contributed by atoms with Crippen LogP contribution in [0.3, 0.4) is 0 Å². The molecule has 12 heteroatoms. The fourth-order valence-electron chi connectivity index (χ4n) is 4.19. The van der Waals surface area contributed by atoms with Crippen molar-refractivity contribution in [3.8, 4) is 5.75 Å². The van der Waals surface area contributed by atoms with Gasteiger partial charge in [-0.1, -0.05) is 22.0 Å². The quantitative estimate of drug-likeness (QED) is 0.523. The molecule has 2 aromatic carbocycles. The molecule has 0 atom stereocenters. The average molecular weight is 577 g/mol. The summed E-state index contributed by atoms with van der Waals surface area (Å²) in [5.41, 5.74) is -2.46. The number of halogens is 4. The minimum absolute atomic E-state index is 0.123. The molecular formula is C23H24BrF3N2O5S. The third-order valence-electron chi connectivity index (χ3n) is 5.65. The van der Waals surface area contributed by atoms with Crippen molar-refractivity contribution in [1.29, 1.82) is 0 Å². The molecule has 0 saturated heterocycles. The second kappa shape index (κ2) is 8.58. The Hall–Kier alpha value is -2.47. The molecule has 0 aromatic heterocycles. The maximum absolute atomic E-state index is 13.6. The van der Waals surface area contributed by atoms with Crippen molar-refractivity contribution in [3.05, 3.63) is 52.5 Å². The largest absolute Gasteiger partial charge is 0.483 e. The number of hydrogen-bond acceptors (Lipinski definition) is 5. The van der Waals surface area contributed by atoms with Crippen LogP contribution in [-0.4, -0.2) is 38.3 Å². The van der Waals surface area contributed by atoms with Gasteiger partial charge in [0.1, 0.15) is 17.0 Å². The molecule has 2 aromatic rings. The molecule has 190 valence electrons. The average Bonchev–Trinajstić information content (AvgIpc) is 2.70. The van der Waals surface area contributed by atoms with Crippen LogP contribution in [0.25, 0.3) is 0 Å². The van der Waals surface area contributed by atoms with Gasteiger partial charge in [0.25, 0.3) is 10.0 Å². The van der Waals surface area contributed by atoms with Crippen LogP contribution in [0.15, 0.2) is 51.8 Å². The normalized spacial score (nSPS) is 22.1. The lowest BCUT2D eigenvalue weighted by Crippen LogP contribution is -2.65. The van der Waals surface area contributed by atoms with Gasteiger partial charge < -0.3 is 14.8 Å². The summed E-state index contributed by atoms with van der Waals surface area (Å²) in [5, 5.41) is 2.75. The molecule has 1 aliphatic carbocycles. The first-order valence-electron chi connectivity index (χ1n) is 10.8. The lowest BCUT2D eigenvalue weighted by molar-refractivity contribution is -0.137. The van der Waals surface area contributed by atoms with Gasteiger partial charge in [-0.2, -0.15) is 13.2 Å². The lowest BCUT2D eigenvalue weighted by Gasteiger charge is -2.52. The fraction of sp³-hybridized carbons (Fsp3) is 0.435. The van der Waals surface area contributed by atoms with Crippen LogP contribution in [0.4, 0.5) is 23.7 Å². The van der Waals surface area contributed by atoms with Gasteiger partial charge in [-0.25, -0.2) is 13.2 Å². The van der Waals surface area contributed by atoms with E-state index in [0.717, 1.165) is 22.5 Å². The van der Waals surface area contributed by atoms with Gasteiger partial charge in [0, 0.05) is 23.4 Å². The fourth-order valence-corrected chi connectivity index (χ4v) is 6.12. The first kappa shape index (κ1) is 25.6. The van der Waals surface area contributed by atoms with Crippen molar-refractivity contribution in [1.82, 2.24) is 5.32 Å². The highest BCUT2D eigenvalue weighted by Crippen LogP contribution is 2.48. The predicted molar refractivity (Wildman–Crippen MR) is 126 cm³/mol. The Balaban J connectivity index is 1.63. The second-order valence-corrected chi connectivity index (χ2v) is 12.5. The number of hydrogen-bond donors (Lipinski definition) is 1. The highest BCUT2D eigenvalue weighted by atomic mass is 79.9. The number of anilines is 1. The van der Waals surface area contributed by atoms with Crippen molar-refractivity contribution in [3.63, 3.8) is 0 Å². The number of ether oxygens (including phenoxy) is 2. The molecule has 1 amide bonds. The first-order valence-corrected chi connectivity index (χ1v) is 13.0. The number of alkyl halides is 3. The zero-order valence-corrected chi connectivity index (χ0v) is 21.6. The monoisotopic (exact) mass is 576 g/mol. The van der Waals surface area contributed by atoms with Gasteiger partial charge in [0.15, 0.2) is 0 Å². The molecule has 35 heavy (non-hydrogen) atoms. The number of alkyl carbamates (subject to hydrolysis) is 1. The van der Waals surface area contributed by atoms with Crippen LogP contribution in [0.2, 0.25) is 0 Å². The number of rotatable bonds is 3. The Kier molecular flexibility index (Phi) is 6.28. The summed E-state index contributed by atoms with van der Waals surface area (Å²) in [6.45, 7) is 5.10. The van der Waals surface area contributed by atoms with Gasteiger partial charge in [-0.15, -0.1) is 0 Å². The highest BCUT2D eigenvalue weighted by Gasteiger charge is 2.53. The van der Waals surface area contributed by atoms with Crippen LogP contribution in [0.5, 0.6) is 5.75 Å². The van der Waals surface area contributed by atoms with E-state index in [9.17, 15) is 26.4 Å². The summed E-state index contributed by atoms with van der Waals surface area (Å²) in [4.78, 5) is 11.6. The van der Waals surface area contributed by atoms with Crippen LogP contribution < -0.4 is 14.4 Å². The molecule has 2 aliphatic rings. The van der Waals surface area contributed by atoms with E-state index in [-0.39, 0.29) is 24.0 Å². The maximum atomic E-state index is 13.6. The summed E-state index contributed by atoms with van der Waals surface area (Å²) in [7, 11) is -4.37. The number of amides is 1. The topological polar surface area (TPSA) is 84.9 Å². The van der Waals surface area contributed by atoms with Crippen LogP contribution in [0, 0.1) is 0 Å². The molecular weight excluding hydrogens is 553 g/mol. The summed E-state index contributed by atoms with van der Waals surface area (Å²) in [6.07, 6.45) is -4.68. The van der Waals surface area contributed by atoms with E-state index >= 15 is 0 Å². The van der Waals surface area contributed by atoms with E-state index in [2.05, 4.69) is 21.2 Å². The molecule has 0 unspecified atom stereocenters. The smallest absolute Gasteiger partial charge is 0.416 e. The van der Waals surface area contributed by atoms with Crippen molar-refractivity contribution < 1.29 is 35.9 Å². The molecule has 0 bridgehead atoms. The van der Waals surface area contributed by atoms with Crippen molar-refractivity contribution in [2.45, 2.75) is 61.9 Å². The van der Waals surface area contributed by atoms with Gasteiger partial charge >= 0.3 is 12.3 Å². The Labute approximate surface area is 209 Å². The minimum Gasteiger partial charge on any atom is -0.483 e. The number of benzene rings is 2. The molecule has 1 N–H and O–H groups in total. The number of sulfonamides is 1. The number of nitrogens with zero attached hydrogens (tertiary/aromatic N) is 1. The lowest BCUT2D eigenvalue weighted by atomic mass is 9.74. The summed E-state index contributed by atoms with van der Waals surface area (Å²) in [6, 6.07) is 8.18. The van der Waals surface area contributed by atoms with Crippen LogP contribution in [0.1, 0.15) is 39.2 Å². The Morgan fingerprint density at radius 3 is 2.49 bits per heavy atom. The number of fused-ring (bicyclic) bond motifs is 1. The van der Waals surface area contributed by atoms with Crippen molar-refractivity contribution >= 4 is 37.7 Å². The Bertz CT molecular complexity index is 1250. The number of carbonyl (C=O) groups excluding carboxylic acids is 1. The number of nitrogens with one attached hydrogen (secondary N) is 1. The predicted octanol–water partition coefficient (Wildman–Crippen LogP) is 5.48. The Morgan fingerprint density at radius 2 is 1.86 bits per heavy atom. The molecule has 1 heterocycles. The first-order chi connectivity index (χ1) is 16.1. The third-order valence-corrected chi connectivity index (χ3v) is 7.90. The van der Waals surface area contributed by atoms with Crippen LogP contribution >= 0.6 is 15.9 Å². The summed E-state index contributed by atoms with van der Waals surface area (Å²) < 4.78 is 80.0. The van der Waals surface area contributed by atoms with E-state index in [1.54, 1.807) is 39.0 Å². The summed E-state index contributed by atoms with van der Waals surface area (Å²) >= 11 is 3.31. The Morgan fingerprint density at radius 1 is 1.17 bits per heavy atom.